The number of carbonyl (C=O) groups is 1. The van der Waals surface area contributed by atoms with Crippen molar-refractivity contribution < 1.29 is 9.32 Å². The molecule has 0 saturated carbocycles. The monoisotopic (exact) mass is 262 g/mol. The minimum atomic E-state index is -0.135. The number of nitrogens with one attached hydrogen (secondary N) is 2. The summed E-state index contributed by atoms with van der Waals surface area (Å²) < 4.78 is 5.11. The van der Waals surface area contributed by atoms with Crippen LogP contribution in [0.3, 0.4) is 0 Å². The van der Waals surface area contributed by atoms with Crippen molar-refractivity contribution in [1.29, 1.82) is 0 Å². The molecule has 1 atom stereocenters. The fraction of sp³-hybridized carbons (Fsp3) is 0.462. The lowest BCUT2D eigenvalue weighted by molar-refractivity contribution is 0.0952. The standard InChI is InChI=1S/C13H18N4O2/c1-7-5-10(12(18)15-6-8(2)14-4)11-9(3)17-19-13(11)16-7/h5,8,14H,6H2,1-4H3,(H,15,18). The van der Waals surface area contributed by atoms with Crippen LogP contribution in [0.4, 0.5) is 0 Å². The van der Waals surface area contributed by atoms with E-state index in [2.05, 4.69) is 20.8 Å². The predicted octanol–water partition coefficient (Wildman–Crippen LogP) is 1.18. The normalized spacial score (nSPS) is 12.6. The lowest BCUT2D eigenvalue weighted by Crippen LogP contribution is -2.37. The van der Waals surface area contributed by atoms with Gasteiger partial charge in [-0.25, -0.2) is 4.98 Å². The molecule has 2 heterocycles. The van der Waals surface area contributed by atoms with Gasteiger partial charge in [-0.3, -0.25) is 4.79 Å². The Kier molecular flexibility index (Phi) is 3.80. The second kappa shape index (κ2) is 5.36. The number of pyridine rings is 1. The van der Waals surface area contributed by atoms with E-state index in [1.54, 1.807) is 13.0 Å². The molecule has 0 saturated heterocycles. The van der Waals surface area contributed by atoms with E-state index in [0.29, 0.717) is 28.9 Å². The van der Waals surface area contributed by atoms with Gasteiger partial charge in [0.2, 0.25) is 0 Å². The molecule has 0 aliphatic heterocycles. The number of likely N-dealkylation sites (N-methyl/N-ethyl adjacent to an activating group) is 1. The summed E-state index contributed by atoms with van der Waals surface area (Å²) in [5, 5.41) is 10.5. The summed E-state index contributed by atoms with van der Waals surface area (Å²) in [6.45, 7) is 6.18. The van der Waals surface area contributed by atoms with Gasteiger partial charge in [-0.2, -0.15) is 0 Å². The minimum absolute atomic E-state index is 0.135. The summed E-state index contributed by atoms with van der Waals surface area (Å²) in [5.74, 6) is -0.135. The smallest absolute Gasteiger partial charge is 0.258 e. The molecular formula is C13H18N4O2. The largest absolute Gasteiger partial charge is 0.350 e. The molecule has 0 aliphatic rings. The Hall–Kier alpha value is -1.95. The van der Waals surface area contributed by atoms with Crippen LogP contribution in [-0.4, -0.2) is 35.7 Å². The van der Waals surface area contributed by atoms with E-state index in [9.17, 15) is 4.79 Å². The first-order chi connectivity index (χ1) is 9.02. The Bertz CT molecular complexity index is 606. The number of rotatable bonds is 4. The van der Waals surface area contributed by atoms with Crippen LogP contribution in [0.1, 0.15) is 28.7 Å². The summed E-state index contributed by atoms with van der Waals surface area (Å²) in [6, 6.07) is 1.97. The van der Waals surface area contributed by atoms with Crippen LogP contribution < -0.4 is 10.6 Å². The second-order valence-corrected chi connectivity index (χ2v) is 4.66. The Morgan fingerprint density at radius 1 is 1.47 bits per heavy atom. The molecule has 6 heteroatoms. The number of hydrogen-bond acceptors (Lipinski definition) is 5. The topological polar surface area (TPSA) is 80.0 Å². The van der Waals surface area contributed by atoms with Crippen molar-refractivity contribution in [2.45, 2.75) is 26.8 Å². The third-order valence-corrected chi connectivity index (χ3v) is 3.05. The van der Waals surface area contributed by atoms with Gasteiger partial charge in [0.25, 0.3) is 11.6 Å². The van der Waals surface area contributed by atoms with E-state index in [1.165, 1.54) is 0 Å². The Morgan fingerprint density at radius 3 is 2.89 bits per heavy atom. The fourth-order valence-electron chi connectivity index (χ4n) is 1.84. The van der Waals surface area contributed by atoms with Gasteiger partial charge in [-0.1, -0.05) is 5.16 Å². The van der Waals surface area contributed by atoms with E-state index >= 15 is 0 Å². The van der Waals surface area contributed by atoms with Crippen molar-refractivity contribution >= 4 is 17.0 Å². The van der Waals surface area contributed by atoms with Crippen molar-refractivity contribution in [3.8, 4) is 0 Å². The van der Waals surface area contributed by atoms with Gasteiger partial charge in [-0.15, -0.1) is 0 Å². The van der Waals surface area contributed by atoms with Gasteiger partial charge in [-0.05, 0) is 33.9 Å². The van der Waals surface area contributed by atoms with Gasteiger partial charge >= 0.3 is 0 Å². The zero-order chi connectivity index (χ0) is 14.0. The number of hydrogen-bond donors (Lipinski definition) is 2. The summed E-state index contributed by atoms with van der Waals surface area (Å²) >= 11 is 0. The first kappa shape index (κ1) is 13.5. The minimum Gasteiger partial charge on any atom is -0.350 e. The zero-order valence-electron chi connectivity index (χ0n) is 11.6. The molecule has 0 bridgehead atoms. The van der Waals surface area contributed by atoms with Gasteiger partial charge < -0.3 is 15.2 Å². The first-order valence-corrected chi connectivity index (χ1v) is 6.22. The lowest BCUT2D eigenvalue weighted by Gasteiger charge is -2.12. The Balaban J connectivity index is 2.33. The molecule has 2 N–H and O–H groups in total. The maximum atomic E-state index is 12.2. The molecule has 19 heavy (non-hydrogen) atoms. The van der Waals surface area contributed by atoms with Gasteiger partial charge in [0, 0.05) is 18.3 Å². The van der Waals surface area contributed by atoms with Crippen LogP contribution in [0.15, 0.2) is 10.6 Å². The maximum Gasteiger partial charge on any atom is 0.258 e. The zero-order valence-corrected chi connectivity index (χ0v) is 11.6. The predicted molar refractivity (Wildman–Crippen MR) is 72.1 cm³/mol. The summed E-state index contributed by atoms with van der Waals surface area (Å²) in [6.07, 6.45) is 0. The molecule has 0 radical (unpaired) electrons. The summed E-state index contributed by atoms with van der Waals surface area (Å²) in [7, 11) is 1.86. The third-order valence-electron chi connectivity index (χ3n) is 3.05. The average molecular weight is 262 g/mol. The molecule has 2 rings (SSSR count). The molecule has 0 fully saturated rings. The number of fused-ring (bicyclic) bond motifs is 1. The van der Waals surface area contributed by atoms with Crippen molar-refractivity contribution in [1.82, 2.24) is 20.8 Å². The average Bonchev–Trinajstić information content (AvgIpc) is 2.76. The van der Waals surface area contributed by atoms with Crippen molar-refractivity contribution in [3.05, 3.63) is 23.0 Å². The third kappa shape index (κ3) is 2.73. The van der Waals surface area contributed by atoms with Crippen LogP contribution in [0.25, 0.3) is 11.1 Å². The van der Waals surface area contributed by atoms with Crippen LogP contribution in [0.5, 0.6) is 0 Å². The number of aromatic nitrogens is 2. The lowest BCUT2D eigenvalue weighted by atomic mass is 10.1. The number of nitrogens with zero attached hydrogens (tertiary/aromatic N) is 2. The molecule has 1 unspecified atom stereocenters. The second-order valence-electron chi connectivity index (χ2n) is 4.66. The van der Waals surface area contributed by atoms with Gasteiger partial charge in [0.05, 0.1) is 16.6 Å². The van der Waals surface area contributed by atoms with Crippen molar-refractivity contribution in [2.24, 2.45) is 0 Å². The molecule has 6 nitrogen and oxygen atoms in total. The van der Waals surface area contributed by atoms with Crippen LogP contribution in [0.2, 0.25) is 0 Å². The van der Waals surface area contributed by atoms with E-state index in [4.69, 9.17) is 4.52 Å². The van der Waals surface area contributed by atoms with Crippen LogP contribution in [0, 0.1) is 13.8 Å². The highest BCUT2D eigenvalue weighted by molar-refractivity contribution is 6.06. The summed E-state index contributed by atoms with van der Waals surface area (Å²) in [4.78, 5) is 16.5. The van der Waals surface area contributed by atoms with Crippen molar-refractivity contribution in [2.75, 3.05) is 13.6 Å². The molecule has 2 aromatic rings. The molecule has 0 aromatic carbocycles. The van der Waals surface area contributed by atoms with E-state index in [-0.39, 0.29) is 11.9 Å². The van der Waals surface area contributed by atoms with Crippen molar-refractivity contribution in [3.63, 3.8) is 0 Å². The van der Waals surface area contributed by atoms with Gasteiger partial charge in [0.1, 0.15) is 0 Å². The highest BCUT2D eigenvalue weighted by atomic mass is 16.5. The quantitative estimate of drug-likeness (QED) is 0.864. The molecule has 0 spiro atoms. The highest BCUT2D eigenvalue weighted by Gasteiger charge is 2.17. The fourth-order valence-corrected chi connectivity index (χ4v) is 1.84. The van der Waals surface area contributed by atoms with Crippen LogP contribution in [-0.2, 0) is 0 Å². The van der Waals surface area contributed by atoms with E-state index < -0.39 is 0 Å². The SMILES string of the molecule is CNC(C)CNC(=O)c1cc(C)nc2onc(C)c12. The maximum absolute atomic E-state index is 12.2. The van der Waals surface area contributed by atoms with E-state index in [0.717, 1.165) is 5.69 Å². The van der Waals surface area contributed by atoms with E-state index in [1.807, 2.05) is 20.9 Å². The molecule has 0 aliphatic carbocycles. The number of amides is 1. The molecule has 1 amide bonds. The molecular weight excluding hydrogens is 244 g/mol. The highest BCUT2D eigenvalue weighted by Crippen LogP contribution is 2.21. The Labute approximate surface area is 111 Å². The molecule has 2 aromatic heterocycles. The summed E-state index contributed by atoms with van der Waals surface area (Å²) in [5.41, 5.74) is 2.37. The molecule has 102 valence electrons. The number of aryl methyl sites for hydroxylation is 2. The van der Waals surface area contributed by atoms with Crippen LogP contribution >= 0.6 is 0 Å². The Morgan fingerprint density at radius 2 is 2.21 bits per heavy atom. The van der Waals surface area contributed by atoms with Gasteiger partial charge in [0.15, 0.2) is 0 Å². The first-order valence-electron chi connectivity index (χ1n) is 6.22. The number of carbonyl (C=O) groups excluding carboxylic acids is 1.